The monoisotopic (exact) mass is 504 g/mol. The molecule has 1 atom stereocenters. The zero-order valence-electron chi connectivity index (χ0n) is 21.6. The van der Waals surface area contributed by atoms with Crippen LogP contribution in [0.3, 0.4) is 0 Å². The van der Waals surface area contributed by atoms with Crippen molar-refractivity contribution in [2.45, 2.75) is 46.0 Å². The third kappa shape index (κ3) is 5.38. The van der Waals surface area contributed by atoms with Gasteiger partial charge in [-0.05, 0) is 29.5 Å². The molecule has 1 unspecified atom stereocenters. The summed E-state index contributed by atoms with van der Waals surface area (Å²) in [5.41, 5.74) is 8.57. The van der Waals surface area contributed by atoms with Crippen LogP contribution in [0.25, 0.3) is 0 Å². The summed E-state index contributed by atoms with van der Waals surface area (Å²) >= 11 is 0. The summed E-state index contributed by atoms with van der Waals surface area (Å²) in [6, 6.07) is 14.6. The molecule has 0 saturated heterocycles. The number of ketones is 1. The average Bonchev–Trinajstić information content (AvgIpc) is 2.86. The van der Waals surface area contributed by atoms with Crippen molar-refractivity contribution < 1.29 is 28.6 Å². The molecule has 1 aliphatic heterocycles. The van der Waals surface area contributed by atoms with E-state index in [1.54, 1.807) is 24.3 Å². The van der Waals surface area contributed by atoms with Crippen LogP contribution in [0.15, 0.2) is 71.3 Å². The van der Waals surface area contributed by atoms with Crippen molar-refractivity contribution in [1.82, 2.24) is 0 Å². The van der Waals surface area contributed by atoms with Gasteiger partial charge < -0.3 is 25.3 Å². The van der Waals surface area contributed by atoms with Crippen LogP contribution in [0.2, 0.25) is 0 Å². The van der Waals surface area contributed by atoms with E-state index in [0.717, 1.165) is 17.7 Å². The van der Waals surface area contributed by atoms with Crippen LogP contribution in [-0.4, -0.2) is 31.4 Å². The number of rotatable bonds is 7. The summed E-state index contributed by atoms with van der Waals surface area (Å²) in [7, 11) is 1.25. The lowest BCUT2D eigenvalue weighted by Crippen LogP contribution is -2.35. The molecule has 0 radical (unpaired) electrons. The molecule has 0 spiro atoms. The summed E-state index contributed by atoms with van der Waals surface area (Å²) in [6.45, 7) is 5.71. The van der Waals surface area contributed by atoms with Gasteiger partial charge in [0.25, 0.3) is 5.91 Å². The van der Waals surface area contributed by atoms with E-state index in [1.807, 2.05) is 45.0 Å². The molecule has 0 aromatic heterocycles. The van der Waals surface area contributed by atoms with E-state index in [-0.39, 0.29) is 35.2 Å². The number of esters is 1. The third-order valence-electron chi connectivity index (χ3n) is 6.62. The molecule has 1 heterocycles. The van der Waals surface area contributed by atoms with Gasteiger partial charge in [-0.3, -0.25) is 9.59 Å². The number of allylic oxidation sites excluding steroid dienone is 2. The molecule has 8 nitrogen and oxygen atoms in total. The number of Topliss-reactive ketones (excluding diaryl/α,β-unsaturated/α-hetero) is 1. The van der Waals surface area contributed by atoms with Crippen molar-refractivity contribution in [3.8, 4) is 5.75 Å². The molecule has 0 saturated carbocycles. The highest BCUT2D eigenvalue weighted by molar-refractivity contribution is 6.03. The molecule has 3 N–H and O–H groups in total. The molecule has 1 amide bonds. The Morgan fingerprint density at radius 2 is 1.81 bits per heavy atom. The van der Waals surface area contributed by atoms with Gasteiger partial charge in [-0.25, -0.2) is 4.79 Å². The highest BCUT2D eigenvalue weighted by Crippen LogP contribution is 2.49. The van der Waals surface area contributed by atoms with Gasteiger partial charge in [-0.1, -0.05) is 57.2 Å². The molecular weight excluding hydrogens is 472 g/mol. The summed E-state index contributed by atoms with van der Waals surface area (Å²) in [6.07, 6.45) is 1.56. The number of aryl methyl sites for hydroxylation is 1. The number of methoxy groups -OCH3 is 1. The number of carbonyl (C=O) groups excluding carboxylic acids is 3. The summed E-state index contributed by atoms with van der Waals surface area (Å²) in [5, 5.41) is 2.88. The minimum atomic E-state index is -0.847. The number of ether oxygens (including phenoxy) is 3. The quantitative estimate of drug-likeness (QED) is 0.538. The number of anilines is 1. The van der Waals surface area contributed by atoms with Crippen LogP contribution in [-0.2, 0) is 30.3 Å². The normalized spacial score (nSPS) is 18.6. The van der Waals surface area contributed by atoms with Crippen LogP contribution >= 0.6 is 0 Å². The summed E-state index contributed by atoms with van der Waals surface area (Å²) in [5.74, 6) is -1.32. The van der Waals surface area contributed by atoms with E-state index < -0.39 is 11.9 Å². The molecule has 8 heteroatoms. The standard InChI is InChI=1S/C29H32N2O6/c1-5-17-10-6-8-12-19(17)31-23(33)16-36-21-13-9-7-11-18(21)24-25-20(32)14-29(2,3)15-22(25)37-27(30)26(24)28(34)35-4/h6-13,24H,5,14-16,30H2,1-4H3,(H,31,33). The Hall–Kier alpha value is -4.07. The molecular formula is C29H32N2O6. The van der Waals surface area contributed by atoms with Crippen molar-refractivity contribution in [2.75, 3.05) is 19.0 Å². The Balaban J connectivity index is 1.68. The second-order valence-electron chi connectivity index (χ2n) is 9.97. The first-order valence-electron chi connectivity index (χ1n) is 12.3. The second kappa shape index (κ2) is 10.5. The lowest BCUT2D eigenvalue weighted by Gasteiger charge is -2.38. The van der Waals surface area contributed by atoms with Gasteiger partial charge in [0, 0.05) is 29.7 Å². The molecule has 2 aromatic rings. The first-order chi connectivity index (χ1) is 17.6. The molecule has 2 aromatic carbocycles. The number of amides is 1. The fourth-order valence-electron chi connectivity index (χ4n) is 4.94. The highest BCUT2D eigenvalue weighted by atomic mass is 16.5. The largest absolute Gasteiger partial charge is 0.483 e. The summed E-state index contributed by atoms with van der Waals surface area (Å²) < 4.78 is 16.8. The maximum Gasteiger partial charge on any atom is 0.340 e. The van der Waals surface area contributed by atoms with Crippen molar-refractivity contribution in [3.63, 3.8) is 0 Å². The van der Waals surface area contributed by atoms with Gasteiger partial charge in [0.1, 0.15) is 17.1 Å². The number of benzene rings is 2. The molecule has 4 rings (SSSR count). The average molecular weight is 505 g/mol. The predicted molar refractivity (Wildman–Crippen MR) is 138 cm³/mol. The Bertz CT molecular complexity index is 1310. The maximum absolute atomic E-state index is 13.4. The third-order valence-corrected chi connectivity index (χ3v) is 6.62. The SMILES string of the molecule is CCc1ccccc1NC(=O)COc1ccccc1C1C(C(=O)OC)=C(N)OC2=C1C(=O)CC(C)(C)C2. The topological polar surface area (TPSA) is 117 Å². The lowest BCUT2D eigenvalue weighted by molar-refractivity contribution is -0.136. The molecule has 2 aliphatic rings. The Morgan fingerprint density at radius 3 is 2.54 bits per heavy atom. The van der Waals surface area contributed by atoms with E-state index in [2.05, 4.69) is 5.32 Å². The molecule has 0 bridgehead atoms. The molecule has 0 fully saturated rings. The summed E-state index contributed by atoms with van der Waals surface area (Å²) in [4.78, 5) is 38.9. The fourth-order valence-corrected chi connectivity index (χ4v) is 4.94. The van der Waals surface area contributed by atoms with E-state index in [0.29, 0.717) is 35.5 Å². The van der Waals surface area contributed by atoms with Crippen molar-refractivity contribution >= 4 is 23.3 Å². The minimum absolute atomic E-state index is 0.0340. The van der Waals surface area contributed by atoms with Gasteiger partial charge in [0.2, 0.25) is 5.88 Å². The molecule has 37 heavy (non-hydrogen) atoms. The van der Waals surface area contributed by atoms with E-state index in [4.69, 9.17) is 19.9 Å². The minimum Gasteiger partial charge on any atom is -0.483 e. The number of nitrogens with one attached hydrogen (secondary N) is 1. The number of nitrogens with two attached hydrogens (primary N) is 1. The molecule has 194 valence electrons. The first kappa shape index (κ1) is 26.0. The van der Waals surface area contributed by atoms with Gasteiger partial charge in [0.05, 0.1) is 13.0 Å². The second-order valence-corrected chi connectivity index (χ2v) is 9.97. The van der Waals surface area contributed by atoms with E-state index >= 15 is 0 Å². The van der Waals surface area contributed by atoms with Gasteiger partial charge in [0.15, 0.2) is 12.4 Å². The van der Waals surface area contributed by atoms with Crippen LogP contribution in [0.5, 0.6) is 5.75 Å². The molecule has 1 aliphatic carbocycles. The van der Waals surface area contributed by atoms with Gasteiger partial charge in [-0.15, -0.1) is 0 Å². The Morgan fingerprint density at radius 1 is 1.11 bits per heavy atom. The zero-order chi connectivity index (χ0) is 26.7. The lowest BCUT2D eigenvalue weighted by atomic mass is 9.70. The maximum atomic E-state index is 13.4. The van der Waals surface area contributed by atoms with Gasteiger partial charge >= 0.3 is 5.97 Å². The van der Waals surface area contributed by atoms with Crippen LogP contribution < -0.4 is 15.8 Å². The Labute approximate surface area is 216 Å². The smallest absolute Gasteiger partial charge is 0.340 e. The van der Waals surface area contributed by atoms with Crippen LogP contribution in [0.1, 0.15) is 50.7 Å². The Kier molecular flexibility index (Phi) is 7.38. The van der Waals surface area contributed by atoms with E-state index in [9.17, 15) is 14.4 Å². The highest BCUT2D eigenvalue weighted by Gasteiger charge is 2.45. The van der Waals surface area contributed by atoms with E-state index in [1.165, 1.54) is 7.11 Å². The van der Waals surface area contributed by atoms with Gasteiger partial charge in [-0.2, -0.15) is 0 Å². The van der Waals surface area contributed by atoms with Crippen LogP contribution in [0.4, 0.5) is 5.69 Å². The number of hydrogen-bond acceptors (Lipinski definition) is 7. The number of hydrogen-bond donors (Lipinski definition) is 2. The van der Waals surface area contributed by atoms with Crippen molar-refractivity contribution in [1.29, 1.82) is 0 Å². The first-order valence-corrected chi connectivity index (χ1v) is 12.3. The number of para-hydroxylation sites is 2. The fraction of sp³-hybridized carbons (Fsp3) is 0.345. The van der Waals surface area contributed by atoms with Crippen LogP contribution in [0, 0.1) is 5.41 Å². The predicted octanol–water partition coefficient (Wildman–Crippen LogP) is 4.37. The number of carbonyl (C=O) groups is 3. The van der Waals surface area contributed by atoms with Crippen molar-refractivity contribution in [2.24, 2.45) is 11.1 Å². The zero-order valence-corrected chi connectivity index (χ0v) is 21.6. The van der Waals surface area contributed by atoms with Crippen molar-refractivity contribution in [3.05, 3.63) is 82.4 Å².